The van der Waals surface area contributed by atoms with Crippen molar-refractivity contribution >= 4 is 5.95 Å². The van der Waals surface area contributed by atoms with Crippen LogP contribution < -0.4 is 4.90 Å². The van der Waals surface area contributed by atoms with Crippen molar-refractivity contribution in [3.05, 3.63) is 36.2 Å². The number of ether oxygens (including phenoxy) is 1. The zero-order valence-electron chi connectivity index (χ0n) is 11.9. The van der Waals surface area contributed by atoms with Crippen LogP contribution in [-0.4, -0.2) is 44.4 Å². The molecule has 0 aromatic carbocycles. The SMILES string of the molecule is OCCOCc1ncn2c1CN(c1ncccn1)CCC2. The minimum Gasteiger partial charge on any atom is -0.394 e. The van der Waals surface area contributed by atoms with Crippen LogP contribution in [0.15, 0.2) is 24.8 Å². The van der Waals surface area contributed by atoms with Gasteiger partial charge in [-0.25, -0.2) is 15.0 Å². The third kappa shape index (κ3) is 3.20. The lowest BCUT2D eigenvalue weighted by Crippen LogP contribution is -2.25. The summed E-state index contributed by atoms with van der Waals surface area (Å²) in [6, 6.07) is 1.82. The van der Waals surface area contributed by atoms with E-state index in [4.69, 9.17) is 9.84 Å². The van der Waals surface area contributed by atoms with Crippen molar-refractivity contribution in [2.24, 2.45) is 0 Å². The van der Waals surface area contributed by atoms with Crippen LogP contribution in [0.5, 0.6) is 0 Å². The van der Waals surface area contributed by atoms with Gasteiger partial charge in [-0.3, -0.25) is 0 Å². The molecule has 1 aliphatic heterocycles. The summed E-state index contributed by atoms with van der Waals surface area (Å²) < 4.78 is 7.57. The van der Waals surface area contributed by atoms with Crippen LogP contribution in [0.3, 0.4) is 0 Å². The van der Waals surface area contributed by atoms with Crippen molar-refractivity contribution in [2.75, 3.05) is 24.7 Å². The third-order valence-corrected chi connectivity index (χ3v) is 3.51. The highest BCUT2D eigenvalue weighted by molar-refractivity contribution is 5.31. The van der Waals surface area contributed by atoms with Crippen molar-refractivity contribution in [2.45, 2.75) is 26.1 Å². The zero-order chi connectivity index (χ0) is 14.5. The quantitative estimate of drug-likeness (QED) is 0.812. The first-order valence-electron chi connectivity index (χ1n) is 7.12. The zero-order valence-corrected chi connectivity index (χ0v) is 11.9. The summed E-state index contributed by atoms with van der Waals surface area (Å²) in [6.07, 6.45) is 6.41. The topological polar surface area (TPSA) is 76.3 Å². The molecule has 7 heteroatoms. The Balaban J connectivity index is 1.78. The van der Waals surface area contributed by atoms with Gasteiger partial charge in [0.2, 0.25) is 5.95 Å². The van der Waals surface area contributed by atoms with Crippen LogP contribution in [0.25, 0.3) is 0 Å². The minimum absolute atomic E-state index is 0.0278. The number of aliphatic hydroxyl groups excluding tert-OH is 1. The number of nitrogens with zero attached hydrogens (tertiary/aromatic N) is 5. The molecule has 0 saturated heterocycles. The van der Waals surface area contributed by atoms with Gasteiger partial charge < -0.3 is 19.3 Å². The van der Waals surface area contributed by atoms with Crippen molar-refractivity contribution in [3.8, 4) is 0 Å². The summed E-state index contributed by atoms with van der Waals surface area (Å²) in [6.45, 7) is 3.36. The molecular weight excluding hydrogens is 270 g/mol. The van der Waals surface area contributed by atoms with Gasteiger partial charge in [0.1, 0.15) is 0 Å². The van der Waals surface area contributed by atoms with Gasteiger partial charge in [0.25, 0.3) is 0 Å². The van der Waals surface area contributed by atoms with E-state index in [0.717, 1.165) is 43.4 Å². The Morgan fingerprint density at radius 2 is 2.05 bits per heavy atom. The van der Waals surface area contributed by atoms with Crippen LogP contribution in [0.1, 0.15) is 17.8 Å². The lowest BCUT2D eigenvalue weighted by molar-refractivity contribution is 0.0794. The Kier molecular flexibility index (Phi) is 4.42. The first kappa shape index (κ1) is 14.0. The predicted octanol–water partition coefficient (Wildman–Crippen LogP) is 0.592. The number of fused-ring (bicyclic) bond motifs is 1. The average molecular weight is 289 g/mol. The maximum absolute atomic E-state index is 8.79. The van der Waals surface area contributed by atoms with Crippen molar-refractivity contribution in [1.82, 2.24) is 19.5 Å². The standard InChI is InChI=1S/C14H19N5O2/c20-7-8-21-10-12-13-9-18(14-15-3-1-4-16-14)5-2-6-19(13)11-17-12/h1,3-4,11,20H,2,5-10H2. The molecule has 0 unspecified atom stereocenters. The van der Waals surface area contributed by atoms with Gasteiger partial charge in [-0.15, -0.1) is 0 Å². The van der Waals surface area contributed by atoms with E-state index in [9.17, 15) is 0 Å². The summed E-state index contributed by atoms with van der Waals surface area (Å²) in [5.41, 5.74) is 2.06. The maximum atomic E-state index is 8.79. The first-order chi connectivity index (χ1) is 10.4. The fourth-order valence-corrected chi connectivity index (χ4v) is 2.50. The largest absolute Gasteiger partial charge is 0.394 e. The Morgan fingerprint density at radius 1 is 1.19 bits per heavy atom. The molecule has 1 aliphatic rings. The molecule has 0 fully saturated rings. The second-order valence-electron chi connectivity index (χ2n) is 4.93. The Bertz CT molecular complexity index is 572. The molecule has 3 rings (SSSR count). The highest BCUT2D eigenvalue weighted by atomic mass is 16.5. The van der Waals surface area contributed by atoms with Crippen LogP contribution in [0.2, 0.25) is 0 Å². The number of anilines is 1. The maximum Gasteiger partial charge on any atom is 0.225 e. The first-order valence-corrected chi connectivity index (χ1v) is 7.12. The molecular formula is C14H19N5O2. The van der Waals surface area contributed by atoms with Gasteiger partial charge in [-0.2, -0.15) is 0 Å². The normalized spacial score (nSPS) is 14.8. The molecule has 7 nitrogen and oxygen atoms in total. The van der Waals surface area contributed by atoms with E-state index in [0.29, 0.717) is 13.2 Å². The monoisotopic (exact) mass is 289 g/mol. The number of aryl methyl sites for hydroxylation is 1. The fraction of sp³-hybridized carbons (Fsp3) is 0.500. The van der Waals surface area contributed by atoms with Gasteiger partial charge in [-0.05, 0) is 12.5 Å². The molecule has 3 heterocycles. The van der Waals surface area contributed by atoms with Crippen molar-refractivity contribution in [1.29, 1.82) is 0 Å². The van der Waals surface area contributed by atoms with Crippen molar-refractivity contribution < 1.29 is 9.84 Å². The highest BCUT2D eigenvalue weighted by Gasteiger charge is 2.20. The number of hydrogen-bond acceptors (Lipinski definition) is 6. The van der Waals surface area contributed by atoms with Gasteiger partial charge in [-0.1, -0.05) is 0 Å². The highest BCUT2D eigenvalue weighted by Crippen LogP contribution is 2.19. The fourth-order valence-electron chi connectivity index (χ4n) is 2.50. The van der Waals surface area contributed by atoms with E-state index in [1.807, 2.05) is 12.4 Å². The minimum atomic E-state index is 0.0278. The molecule has 0 atom stereocenters. The molecule has 0 bridgehead atoms. The van der Waals surface area contributed by atoms with E-state index in [2.05, 4.69) is 24.4 Å². The van der Waals surface area contributed by atoms with Gasteiger partial charge in [0, 0.05) is 25.5 Å². The van der Waals surface area contributed by atoms with Crippen LogP contribution in [-0.2, 0) is 24.4 Å². The Hall–Kier alpha value is -1.99. The summed E-state index contributed by atoms with van der Waals surface area (Å²) in [5.74, 6) is 0.745. The Labute approximate surface area is 123 Å². The molecule has 2 aromatic rings. The van der Waals surface area contributed by atoms with Gasteiger partial charge in [0.05, 0.1) is 44.1 Å². The molecule has 0 amide bonds. The smallest absolute Gasteiger partial charge is 0.225 e. The molecule has 0 aliphatic carbocycles. The molecule has 112 valence electrons. The molecule has 21 heavy (non-hydrogen) atoms. The van der Waals surface area contributed by atoms with Gasteiger partial charge >= 0.3 is 0 Å². The van der Waals surface area contributed by atoms with Crippen molar-refractivity contribution in [3.63, 3.8) is 0 Å². The predicted molar refractivity (Wildman–Crippen MR) is 76.7 cm³/mol. The molecule has 1 N–H and O–H groups in total. The summed E-state index contributed by atoms with van der Waals surface area (Å²) >= 11 is 0. The molecule has 0 spiro atoms. The van der Waals surface area contributed by atoms with Crippen LogP contribution in [0, 0.1) is 0 Å². The van der Waals surface area contributed by atoms with Crippen LogP contribution in [0.4, 0.5) is 5.95 Å². The van der Waals surface area contributed by atoms with E-state index >= 15 is 0 Å². The molecule has 0 radical (unpaired) electrons. The van der Waals surface area contributed by atoms with E-state index < -0.39 is 0 Å². The number of imidazole rings is 1. The summed E-state index contributed by atoms with van der Waals surface area (Å²) in [7, 11) is 0. The van der Waals surface area contributed by atoms with E-state index in [-0.39, 0.29) is 6.61 Å². The second kappa shape index (κ2) is 6.64. The summed E-state index contributed by atoms with van der Waals surface area (Å²) in [4.78, 5) is 15.2. The van der Waals surface area contributed by atoms with E-state index in [1.54, 1.807) is 12.4 Å². The molecule has 2 aromatic heterocycles. The number of aliphatic hydroxyl groups is 1. The average Bonchev–Trinajstić information content (AvgIpc) is 2.78. The number of aromatic nitrogens is 4. The van der Waals surface area contributed by atoms with E-state index in [1.165, 1.54) is 0 Å². The lowest BCUT2D eigenvalue weighted by atomic mass is 10.3. The van der Waals surface area contributed by atoms with Crippen LogP contribution >= 0.6 is 0 Å². The third-order valence-electron chi connectivity index (χ3n) is 3.51. The Morgan fingerprint density at radius 3 is 2.86 bits per heavy atom. The number of rotatable bonds is 5. The summed E-state index contributed by atoms with van der Waals surface area (Å²) in [5, 5.41) is 8.79. The number of hydrogen-bond donors (Lipinski definition) is 1. The second-order valence-corrected chi connectivity index (χ2v) is 4.93. The lowest BCUT2D eigenvalue weighted by Gasteiger charge is -2.20. The van der Waals surface area contributed by atoms with Gasteiger partial charge in [0.15, 0.2) is 0 Å². The molecule has 0 saturated carbocycles.